The predicted molar refractivity (Wildman–Crippen MR) is 151 cm³/mol. The molecule has 0 fully saturated rings. The van der Waals surface area contributed by atoms with Gasteiger partial charge in [-0.3, -0.25) is 0 Å². The van der Waals surface area contributed by atoms with Crippen molar-refractivity contribution in [2.75, 3.05) is 0 Å². The first-order valence-corrected chi connectivity index (χ1v) is 11.7. The van der Waals surface area contributed by atoms with Crippen molar-refractivity contribution in [3.05, 3.63) is 72.0 Å². The van der Waals surface area contributed by atoms with Crippen LogP contribution in [0.25, 0.3) is 45.0 Å². The highest BCUT2D eigenvalue weighted by Gasteiger charge is 2.19. The van der Waals surface area contributed by atoms with Crippen molar-refractivity contribution < 1.29 is 0 Å². The second-order valence-corrected chi connectivity index (χ2v) is 10.3. The van der Waals surface area contributed by atoms with E-state index in [1.807, 2.05) is 19.9 Å². The van der Waals surface area contributed by atoms with Crippen molar-refractivity contribution in [2.45, 2.75) is 39.9 Å². The first kappa shape index (κ1) is 25.6. The zero-order valence-electron chi connectivity index (χ0n) is 18.3. The summed E-state index contributed by atoms with van der Waals surface area (Å²) >= 11 is 6.32. The van der Waals surface area contributed by atoms with E-state index < -0.39 is 0 Å². The van der Waals surface area contributed by atoms with Crippen LogP contribution in [0.3, 0.4) is 0 Å². The molecule has 1 nitrogen and oxygen atoms in total. The Hall–Kier alpha value is -2.67. The van der Waals surface area contributed by atoms with Crippen LogP contribution in [0.15, 0.2) is 61.2 Å². The van der Waals surface area contributed by atoms with Crippen molar-refractivity contribution in [3.63, 3.8) is 0 Å². The van der Waals surface area contributed by atoms with Crippen LogP contribution in [0, 0.1) is 16.7 Å². The summed E-state index contributed by atoms with van der Waals surface area (Å²) < 4.78 is 1.66. The van der Waals surface area contributed by atoms with Crippen LogP contribution in [0.4, 0.5) is 0 Å². The maximum atomic E-state index is 8.72. The molecule has 0 saturated heterocycles. The van der Waals surface area contributed by atoms with Gasteiger partial charge in [0, 0.05) is 9.95 Å². The third-order valence-electron chi connectivity index (χ3n) is 5.50. The highest BCUT2D eigenvalue weighted by atomic mass is 32.2. The minimum atomic E-state index is -0.218. The Bertz CT molecular complexity index is 1340. The zero-order chi connectivity index (χ0) is 22.6. The summed E-state index contributed by atoms with van der Waals surface area (Å²) in [5.74, 6) is 0. The van der Waals surface area contributed by atoms with Gasteiger partial charge in [0.1, 0.15) is 0 Å². The molecule has 3 heteroatoms. The van der Waals surface area contributed by atoms with Crippen LogP contribution >= 0.6 is 24.0 Å². The average molecular weight is 458 g/mol. The summed E-state index contributed by atoms with van der Waals surface area (Å²) in [7, 11) is 0. The summed E-state index contributed by atoms with van der Waals surface area (Å²) in [5, 5.41) is 17.9. The molecule has 0 N–H and O–H groups in total. The monoisotopic (exact) mass is 457 g/mol. The molecule has 0 radical (unpaired) electrons. The van der Waals surface area contributed by atoms with Gasteiger partial charge < -0.3 is 0 Å². The molecule has 32 heavy (non-hydrogen) atoms. The molecule has 4 rings (SSSR count). The van der Waals surface area contributed by atoms with E-state index in [2.05, 4.69) is 80.7 Å². The summed E-state index contributed by atoms with van der Waals surface area (Å²) in [6.07, 6.45) is 2.85. The standard InChI is InChI=1S/C20H14.C8H13NS2.CH4/c1-3-15-16-11-5-8-14-9-6-12-18(20(14)16)17-10-4-7-13(2)19(15)17;1-7(11-6-10)4-8(2,3)5-9;/h3-12H,1-2H2;6-7H,4H2,1-3H3;1H4. The van der Waals surface area contributed by atoms with Crippen molar-refractivity contribution in [1.29, 1.82) is 5.26 Å². The summed E-state index contributed by atoms with van der Waals surface area (Å²) in [6.45, 7) is 14.2. The number of nitrogens with zero attached hydrogens (tertiary/aromatic N) is 1. The first-order valence-electron chi connectivity index (χ1n) is 10.3. The SMILES string of the molecule is C.C=Cc1c2cccc3cccc(c4cccc(=C)c14)c32.CC(CC(C)(C)C#N)SC=S. The van der Waals surface area contributed by atoms with Crippen molar-refractivity contribution >= 4 is 73.7 Å². The van der Waals surface area contributed by atoms with Gasteiger partial charge in [-0.2, -0.15) is 5.26 Å². The maximum Gasteiger partial charge on any atom is 0.0684 e. The number of hydrogen-bond acceptors (Lipinski definition) is 3. The Morgan fingerprint density at radius 2 is 1.59 bits per heavy atom. The van der Waals surface area contributed by atoms with E-state index in [4.69, 9.17) is 17.5 Å². The van der Waals surface area contributed by atoms with Crippen molar-refractivity contribution in [3.8, 4) is 6.07 Å². The quantitative estimate of drug-likeness (QED) is 0.170. The lowest BCUT2D eigenvalue weighted by atomic mass is 9.90. The van der Waals surface area contributed by atoms with E-state index in [0.29, 0.717) is 5.25 Å². The van der Waals surface area contributed by atoms with Gasteiger partial charge in [0.2, 0.25) is 0 Å². The fraction of sp³-hybridized carbons (Fsp3) is 0.241. The lowest BCUT2D eigenvalue weighted by Gasteiger charge is -2.18. The number of fused-ring (bicyclic) bond motifs is 2. The van der Waals surface area contributed by atoms with Crippen LogP contribution in [-0.2, 0) is 0 Å². The average Bonchev–Trinajstić information content (AvgIpc) is 2.75. The first-order chi connectivity index (χ1) is 14.8. The van der Waals surface area contributed by atoms with E-state index in [0.717, 1.165) is 11.6 Å². The van der Waals surface area contributed by atoms with Gasteiger partial charge in [-0.15, -0.1) is 11.8 Å². The Kier molecular flexibility index (Phi) is 8.61. The molecule has 0 aliphatic heterocycles. The van der Waals surface area contributed by atoms with E-state index >= 15 is 0 Å². The summed E-state index contributed by atoms with van der Waals surface area (Å²) in [6, 6.07) is 21.5. The van der Waals surface area contributed by atoms with E-state index in [1.54, 1.807) is 16.5 Å². The number of thiocarbonyl (C=S) groups is 1. The van der Waals surface area contributed by atoms with Gasteiger partial charge >= 0.3 is 0 Å². The largest absolute Gasteiger partial charge is 0.198 e. The molecule has 0 spiro atoms. The van der Waals surface area contributed by atoms with Gasteiger partial charge in [-0.25, -0.2) is 0 Å². The molecule has 4 aromatic carbocycles. The zero-order valence-corrected chi connectivity index (χ0v) is 19.9. The molecule has 4 aromatic rings. The third kappa shape index (κ3) is 5.21. The number of benzene rings is 4. The molecule has 0 aliphatic carbocycles. The van der Waals surface area contributed by atoms with Crippen molar-refractivity contribution in [2.24, 2.45) is 5.41 Å². The highest BCUT2D eigenvalue weighted by Crippen LogP contribution is 2.36. The lowest BCUT2D eigenvalue weighted by molar-refractivity contribution is 0.453. The van der Waals surface area contributed by atoms with Gasteiger partial charge in [-0.1, -0.05) is 100 Å². The van der Waals surface area contributed by atoms with E-state index in [1.165, 1.54) is 37.9 Å². The minimum Gasteiger partial charge on any atom is -0.198 e. The summed E-state index contributed by atoms with van der Waals surface area (Å²) in [4.78, 5) is 0. The van der Waals surface area contributed by atoms with E-state index in [9.17, 15) is 0 Å². The normalized spacial score (nSPS) is 11.8. The van der Waals surface area contributed by atoms with Crippen LogP contribution < -0.4 is 5.22 Å². The van der Waals surface area contributed by atoms with Gasteiger partial charge in [0.25, 0.3) is 0 Å². The van der Waals surface area contributed by atoms with Crippen LogP contribution in [0.5, 0.6) is 0 Å². The smallest absolute Gasteiger partial charge is 0.0684 e. The van der Waals surface area contributed by atoms with Gasteiger partial charge in [-0.05, 0) is 63.4 Å². The molecule has 0 amide bonds. The third-order valence-corrected chi connectivity index (χ3v) is 6.57. The molecule has 0 aromatic heterocycles. The Balaban J connectivity index is 0.000000263. The van der Waals surface area contributed by atoms with Crippen LogP contribution in [0.1, 0.15) is 40.2 Å². The molecule has 164 valence electrons. The number of nitriles is 1. The van der Waals surface area contributed by atoms with E-state index in [-0.39, 0.29) is 12.8 Å². The van der Waals surface area contributed by atoms with Crippen molar-refractivity contribution in [1.82, 2.24) is 0 Å². The fourth-order valence-corrected chi connectivity index (χ4v) is 5.46. The molecule has 0 aliphatic rings. The topological polar surface area (TPSA) is 23.8 Å². The summed E-state index contributed by atoms with van der Waals surface area (Å²) in [5.41, 5.74) is 0.972. The number of hydrogen-bond donors (Lipinski definition) is 0. The van der Waals surface area contributed by atoms with Crippen LogP contribution in [0.2, 0.25) is 0 Å². The van der Waals surface area contributed by atoms with Gasteiger partial charge in [0.05, 0.1) is 11.5 Å². The molecule has 1 atom stereocenters. The Morgan fingerprint density at radius 1 is 1.03 bits per heavy atom. The molecular weight excluding hydrogens is 426 g/mol. The number of rotatable bonds is 5. The minimum absolute atomic E-state index is 0. The Morgan fingerprint density at radius 3 is 2.16 bits per heavy atom. The number of thioether (sulfide) groups is 1. The maximum absolute atomic E-state index is 8.72. The van der Waals surface area contributed by atoms with Crippen LogP contribution in [-0.4, -0.2) is 9.95 Å². The fourth-order valence-electron chi connectivity index (χ4n) is 4.19. The predicted octanol–water partition coefficient (Wildman–Crippen LogP) is 8.56. The second kappa shape index (κ2) is 10.8. The Labute approximate surface area is 201 Å². The lowest BCUT2D eigenvalue weighted by Crippen LogP contribution is -2.14. The molecule has 0 bridgehead atoms. The second-order valence-electron chi connectivity index (χ2n) is 8.41. The molecule has 0 heterocycles. The highest BCUT2D eigenvalue weighted by molar-refractivity contribution is 8.21. The molecular formula is C29H31NS2. The molecule has 0 saturated carbocycles. The van der Waals surface area contributed by atoms with Gasteiger partial charge in [0.15, 0.2) is 0 Å². The molecule has 1 unspecified atom stereocenters.